The third-order valence-corrected chi connectivity index (χ3v) is 4.25. The molecule has 2 rings (SSSR count). The first-order chi connectivity index (χ1) is 9.38. The monoisotopic (exact) mass is 340 g/mol. The molecule has 20 heavy (non-hydrogen) atoms. The van der Waals surface area contributed by atoms with E-state index in [2.05, 4.69) is 32.1 Å². The molecule has 0 bridgehead atoms. The van der Waals surface area contributed by atoms with E-state index < -0.39 is 5.54 Å². The topological polar surface area (TPSA) is 79.2 Å². The van der Waals surface area contributed by atoms with Crippen LogP contribution in [0.4, 0.5) is 0 Å². The highest BCUT2D eigenvalue weighted by molar-refractivity contribution is 9.09. The summed E-state index contributed by atoms with van der Waals surface area (Å²) in [6.07, 6.45) is 0. The van der Waals surface area contributed by atoms with Gasteiger partial charge in [-0.05, 0) is 19.4 Å². The fourth-order valence-corrected chi connectivity index (χ4v) is 2.90. The Kier molecular flexibility index (Phi) is 4.80. The van der Waals surface area contributed by atoms with Gasteiger partial charge >= 0.3 is 0 Å². The Bertz CT molecular complexity index is 460. The average Bonchev–Trinajstić information content (AvgIpc) is 2.78. The summed E-state index contributed by atoms with van der Waals surface area (Å²) in [6, 6.07) is 9.75. The highest BCUT2D eigenvalue weighted by Gasteiger charge is 2.39. The van der Waals surface area contributed by atoms with Crippen molar-refractivity contribution in [1.82, 2.24) is 16.2 Å². The number of rotatable bonds is 4. The first-order valence-electron chi connectivity index (χ1n) is 6.65. The van der Waals surface area contributed by atoms with Gasteiger partial charge in [-0.25, -0.2) is 10.9 Å². The molecule has 5 N–H and O–H groups in total. The van der Waals surface area contributed by atoms with E-state index in [4.69, 9.17) is 5.73 Å². The third kappa shape index (κ3) is 3.79. The van der Waals surface area contributed by atoms with Crippen molar-refractivity contribution in [3.63, 3.8) is 0 Å². The molecule has 0 spiro atoms. The average molecular weight is 341 g/mol. The lowest BCUT2D eigenvalue weighted by atomic mass is 10.0. The molecular weight excluding hydrogens is 320 g/mol. The van der Waals surface area contributed by atoms with Gasteiger partial charge in [0.2, 0.25) is 5.91 Å². The second-order valence-corrected chi connectivity index (χ2v) is 6.86. The predicted molar refractivity (Wildman–Crippen MR) is 83.2 cm³/mol. The third-order valence-electron chi connectivity index (χ3n) is 3.19. The van der Waals surface area contributed by atoms with Gasteiger partial charge in [-0.3, -0.25) is 4.79 Å². The van der Waals surface area contributed by atoms with Gasteiger partial charge in [0.25, 0.3) is 0 Å². The van der Waals surface area contributed by atoms with Crippen LogP contribution in [0, 0.1) is 0 Å². The summed E-state index contributed by atoms with van der Waals surface area (Å²) in [4.78, 5) is 12.2. The van der Waals surface area contributed by atoms with Crippen molar-refractivity contribution in [1.29, 1.82) is 0 Å². The van der Waals surface area contributed by atoms with Crippen molar-refractivity contribution < 1.29 is 4.79 Å². The van der Waals surface area contributed by atoms with E-state index in [1.165, 1.54) is 0 Å². The lowest BCUT2D eigenvalue weighted by Gasteiger charge is -2.22. The van der Waals surface area contributed by atoms with Crippen LogP contribution in [0.3, 0.4) is 0 Å². The van der Waals surface area contributed by atoms with E-state index in [1.54, 1.807) is 0 Å². The maximum atomic E-state index is 12.2. The standard InChI is InChI=1S/C14H21BrN4O/c1-14(2,16)8-17-13(20)12-10(15)11(18-19-12)9-6-4-3-5-7-9/h3-7,10-12,18-19H,8,16H2,1-2H3,(H,17,20). The summed E-state index contributed by atoms with van der Waals surface area (Å²) >= 11 is 3.61. The second-order valence-electron chi connectivity index (χ2n) is 5.81. The van der Waals surface area contributed by atoms with Crippen LogP contribution in [-0.2, 0) is 4.79 Å². The summed E-state index contributed by atoms with van der Waals surface area (Å²) in [5.41, 5.74) is 12.8. The molecule has 1 heterocycles. The van der Waals surface area contributed by atoms with E-state index in [1.807, 2.05) is 44.2 Å². The van der Waals surface area contributed by atoms with E-state index in [0.29, 0.717) is 6.54 Å². The Labute approximate surface area is 127 Å². The lowest BCUT2D eigenvalue weighted by Crippen LogP contribution is -2.51. The summed E-state index contributed by atoms with van der Waals surface area (Å²) in [5, 5.41) is 2.87. The molecule has 0 aromatic heterocycles. The molecule has 0 aliphatic carbocycles. The Balaban J connectivity index is 1.97. The maximum Gasteiger partial charge on any atom is 0.239 e. The molecule has 1 aromatic carbocycles. The van der Waals surface area contributed by atoms with Gasteiger partial charge < -0.3 is 11.1 Å². The normalized spacial score (nSPS) is 26.5. The van der Waals surface area contributed by atoms with Crippen molar-refractivity contribution in [3.05, 3.63) is 35.9 Å². The number of hydrogen-bond acceptors (Lipinski definition) is 4. The fourth-order valence-electron chi connectivity index (χ4n) is 2.09. The zero-order valence-corrected chi connectivity index (χ0v) is 13.3. The molecule has 1 aromatic rings. The summed E-state index contributed by atoms with van der Waals surface area (Å²) in [6.45, 7) is 4.21. The number of amides is 1. The first-order valence-corrected chi connectivity index (χ1v) is 7.57. The summed E-state index contributed by atoms with van der Waals surface area (Å²) in [5.74, 6) is -0.0590. The molecule has 3 atom stereocenters. The minimum absolute atomic E-state index is 0.0224. The second kappa shape index (κ2) is 6.22. The number of halogens is 1. The quantitative estimate of drug-likeness (QED) is 0.612. The Morgan fingerprint density at radius 3 is 2.60 bits per heavy atom. The number of alkyl halides is 1. The number of hydrogen-bond donors (Lipinski definition) is 4. The number of carbonyl (C=O) groups excluding carboxylic acids is 1. The van der Waals surface area contributed by atoms with Crippen LogP contribution in [0.2, 0.25) is 0 Å². The van der Waals surface area contributed by atoms with Crippen molar-refractivity contribution in [2.75, 3.05) is 6.54 Å². The molecule has 6 heteroatoms. The number of nitrogens with one attached hydrogen (secondary N) is 3. The van der Waals surface area contributed by atoms with Crippen molar-refractivity contribution in [2.24, 2.45) is 5.73 Å². The fraction of sp³-hybridized carbons (Fsp3) is 0.500. The van der Waals surface area contributed by atoms with Crippen molar-refractivity contribution in [2.45, 2.75) is 36.3 Å². The molecule has 1 saturated heterocycles. The molecule has 1 aliphatic heterocycles. The summed E-state index contributed by atoms with van der Waals surface area (Å²) in [7, 11) is 0. The van der Waals surface area contributed by atoms with Crippen LogP contribution < -0.4 is 21.9 Å². The first kappa shape index (κ1) is 15.4. The SMILES string of the molecule is CC(C)(N)CNC(=O)C1NNC(c2ccccc2)C1Br. The molecule has 0 saturated carbocycles. The molecule has 5 nitrogen and oxygen atoms in total. The Morgan fingerprint density at radius 2 is 2.00 bits per heavy atom. The van der Waals surface area contributed by atoms with Crippen LogP contribution in [0.5, 0.6) is 0 Å². The predicted octanol–water partition coefficient (Wildman–Crippen LogP) is 0.821. The molecule has 0 radical (unpaired) electrons. The minimum Gasteiger partial charge on any atom is -0.353 e. The van der Waals surface area contributed by atoms with Crippen LogP contribution in [0.1, 0.15) is 25.5 Å². The summed E-state index contributed by atoms with van der Waals surface area (Å²) < 4.78 is 0. The zero-order chi connectivity index (χ0) is 14.8. The zero-order valence-electron chi connectivity index (χ0n) is 11.7. The van der Waals surface area contributed by atoms with Gasteiger partial charge in [-0.1, -0.05) is 46.3 Å². The lowest BCUT2D eigenvalue weighted by molar-refractivity contribution is -0.122. The van der Waals surface area contributed by atoms with Gasteiger partial charge in [-0.15, -0.1) is 0 Å². The van der Waals surface area contributed by atoms with E-state index in [-0.39, 0.29) is 22.8 Å². The molecule has 1 amide bonds. The molecule has 1 fully saturated rings. The number of carbonyl (C=O) groups is 1. The van der Waals surface area contributed by atoms with Crippen LogP contribution in [0.25, 0.3) is 0 Å². The molecule has 3 unspecified atom stereocenters. The van der Waals surface area contributed by atoms with E-state index in [9.17, 15) is 4.79 Å². The van der Waals surface area contributed by atoms with Crippen molar-refractivity contribution >= 4 is 21.8 Å². The highest BCUT2D eigenvalue weighted by Crippen LogP contribution is 2.28. The van der Waals surface area contributed by atoms with E-state index >= 15 is 0 Å². The van der Waals surface area contributed by atoms with E-state index in [0.717, 1.165) is 5.56 Å². The smallest absolute Gasteiger partial charge is 0.239 e. The number of hydrazine groups is 1. The number of nitrogens with two attached hydrogens (primary N) is 1. The van der Waals surface area contributed by atoms with Gasteiger partial charge in [0.05, 0.1) is 10.9 Å². The largest absolute Gasteiger partial charge is 0.353 e. The van der Waals surface area contributed by atoms with Gasteiger partial charge in [0, 0.05) is 12.1 Å². The van der Waals surface area contributed by atoms with Gasteiger partial charge in [-0.2, -0.15) is 0 Å². The molecular formula is C14H21BrN4O. The van der Waals surface area contributed by atoms with Crippen LogP contribution in [-0.4, -0.2) is 28.9 Å². The molecule has 1 aliphatic rings. The number of benzene rings is 1. The van der Waals surface area contributed by atoms with Crippen molar-refractivity contribution in [3.8, 4) is 0 Å². The molecule has 110 valence electrons. The Morgan fingerprint density at radius 1 is 1.35 bits per heavy atom. The minimum atomic E-state index is -0.414. The van der Waals surface area contributed by atoms with Gasteiger partial charge in [0.1, 0.15) is 6.04 Å². The maximum absolute atomic E-state index is 12.2. The Hall–Kier alpha value is -0.950. The highest BCUT2D eigenvalue weighted by atomic mass is 79.9. The van der Waals surface area contributed by atoms with Crippen LogP contribution >= 0.6 is 15.9 Å². The van der Waals surface area contributed by atoms with Gasteiger partial charge in [0.15, 0.2) is 0 Å². The van der Waals surface area contributed by atoms with Crippen LogP contribution in [0.15, 0.2) is 30.3 Å².